The smallest absolute Gasteiger partial charge is 0.337 e. The Morgan fingerprint density at radius 1 is 0.967 bits per heavy atom. The number of carbonyl (C=O) groups is 2. The van der Waals surface area contributed by atoms with Crippen LogP contribution in [-0.4, -0.2) is 30.6 Å². The summed E-state index contributed by atoms with van der Waals surface area (Å²) in [6.45, 7) is 22.6. The molecule has 0 heterocycles. The molecule has 0 spiro atoms. The van der Waals surface area contributed by atoms with Crippen LogP contribution in [0.15, 0.2) is 72.9 Å². The Hall–Kier alpha value is -2.46. The second-order valence-corrected chi connectivity index (χ2v) is 5.84. The molecule has 4 heteroatoms. The van der Waals surface area contributed by atoms with Crippen molar-refractivity contribution in [2.45, 2.75) is 67.4 Å². The van der Waals surface area contributed by atoms with Crippen LogP contribution < -0.4 is 0 Å². The molecule has 0 aliphatic rings. The van der Waals surface area contributed by atoms with Gasteiger partial charge < -0.3 is 9.47 Å². The number of hydrogen-bond acceptors (Lipinski definition) is 4. The van der Waals surface area contributed by atoms with Crippen LogP contribution in [0.3, 0.4) is 0 Å². The zero-order valence-corrected chi connectivity index (χ0v) is 20.3. The van der Waals surface area contributed by atoms with Gasteiger partial charge in [0.05, 0.1) is 12.2 Å². The molecule has 0 aliphatic heterocycles. The molecular weight excluding hydrogens is 376 g/mol. The Labute approximate surface area is 184 Å². The molecule has 0 radical (unpaired) electrons. The van der Waals surface area contributed by atoms with Crippen LogP contribution in [0.1, 0.15) is 61.8 Å². The van der Waals surface area contributed by atoms with Crippen LogP contribution in [-0.2, 0) is 19.1 Å². The molecule has 170 valence electrons. The highest BCUT2D eigenvalue weighted by Crippen LogP contribution is 2.17. The standard InChI is InChI=1S/C22H30O4.2C2H6/c1-7-11-14-18(10-4)20(23)22(5,6)26-17-16-25-21(24)19(13-9-3)15-12-8-2;2*1-2/h7-8,10-15H,2,4,9,16-17H2,1,3,5-6H3;2*1-2H3/b11-7-,15-12-,18-14+,19-13+;;. The minimum Gasteiger partial charge on any atom is -0.460 e. The van der Waals surface area contributed by atoms with E-state index in [1.54, 1.807) is 50.3 Å². The zero-order chi connectivity index (χ0) is 24.0. The predicted molar refractivity (Wildman–Crippen MR) is 129 cm³/mol. The lowest BCUT2D eigenvalue weighted by molar-refractivity contribution is -0.145. The second-order valence-electron chi connectivity index (χ2n) is 5.84. The summed E-state index contributed by atoms with van der Waals surface area (Å²) in [7, 11) is 0. The topological polar surface area (TPSA) is 52.6 Å². The number of Topliss-reactive ketones (excluding diaryl/α,β-unsaturated/α-hetero) is 1. The van der Waals surface area contributed by atoms with Crippen LogP contribution in [0.2, 0.25) is 0 Å². The largest absolute Gasteiger partial charge is 0.460 e. The average Bonchev–Trinajstić information content (AvgIpc) is 2.77. The first-order chi connectivity index (χ1) is 14.3. The summed E-state index contributed by atoms with van der Waals surface area (Å²) in [6, 6.07) is 0. The Bertz CT molecular complexity index is 617. The van der Waals surface area contributed by atoms with Crippen molar-refractivity contribution < 1.29 is 19.1 Å². The molecule has 0 aliphatic carbocycles. The van der Waals surface area contributed by atoms with E-state index in [0.29, 0.717) is 17.6 Å². The maximum atomic E-state index is 12.5. The van der Waals surface area contributed by atoms with Crippen molar-refractivity contribution in [3.05, 3.63) is 72.9 Å². The number of ether oxygens (including phenoxy) is 2. The molecule has 0 fully saturated rings. The van der Waals surface area contributed by atoms with Gasteiger partial charge in [-0.25, -0.2) is 4.79 Å². The SMILES string of the molecule is C=C/C=C\C(=C/CC)C(=O)OCCOC(C)(C)C(=O)/C(C=C)=C/C=C\C.CC.CC. The van der Waals surface area contributed by atoms with Gasteiger partial charge in [-0.05, 0) is 33.3 Å². The van der Waals surface area contributed by atoms with Crippen molar-refractivity contribution in [2.75, 3.05) is 13.2 Å². The highest BCUT2D eigenvalue weighted by molar-refractivity contribution is 6.03. The number of ketones is 1. The number of carbonyl (C=O) groups excluding carboxylic acids is 2. The average molecular weight is 419 g/mol. The molecule has 0 unspecified atom stereocenters. The minimum absolute atomic E-state index is 0.0561. The van der Waals surface area contributed by atoms with Gasteiger partial charge in [-0.2, -0.15) is 0 Å². The fourth-order valence-corrected chi connectivity index (χ4v) is 1.98. The molecule has 0 aromatic heterocycles. The normalized spacial score (nSPS) is 11.9. The molecule has 0 aromatic rings. The van der Waals surface area contributed by atoms with Gasteiger partial charge in [-0.3, -0.25) is 4.79 Å². The van der Waals surface area contributed by atoms with E-state index in [-0.39, 0.29) is 19.0 Å². The summed E-state index contributed by atoms with van der Waals surface area (Å²) in [5.74, 6) is -0.616. The number of rotatable bonds is 12. The number of allylic oxidation sites excluding steroid dienone is 7. The predicted octanol–water partition coefficient (Wildman–Crippen LogP) is 6.71. The summed E-state index contributed by atoms with van der Waals surface area (Å²) in [4.78, 5) is 24.5. The summed E-state index contributed by atoms with van der Waals surface area (Å²) in [6.07, 6.45) is 14.2. The van der Waals surface area contributed by atoms with E-state index in [4.69, 9.17) is 9.47 Å². The van der Waals surface area contributed by atoms with E-state index < -0.39 is 11.6 Å². The molecule has 0 atom stereocenters. The van der Waals surface area contributed by atoms with E-state index in [1.165, 1.54) is 6.08 Å². The van der Waals surface area contributed by atoms with E-state index >= 15 is 0 Å². The Morgan fingerprint density at radius 3 is 2.03 bits per heavy atom. The first-order valence-electron chi connectivity index (χ1n) is 10.6. The Kier molecular flexibility index (Phi) is 22.8. The van der Waals surface area contributed by atoms with Gasteiger partial charge in [0, 0.05) is 5.57 Å². The van der Waals surface area contributed by atoms with Crippen molar-refractivity contribution in [3.8, 4) is 0 Å². The third kappa shape index (κ3) is 14.5. The molecule has 0 aromatic carbocycles. The first kappa shape index (κ1) is 32.2. The first-order valence-corrected chi connectivity index (χ1v) is 10.6. The fraction of sp³-hybridized carbons (Fsp3) is 0.462. The summed E-state index contributed by atoms with van der Waals surface area (Å²) < 4.78 is 10.8. The van der Waals surface area contributed by atoms with Crippen molar-refractivity contribution in [2.24, 2.45) is 0 Å². The highest BCUT2D eigenvalue weighted by Gasteiger charge is 2.29. The molecule has 0 saturated heterocycles. The van der Waals surface area contributed by atoms with Crippen molar-refractivity contribution >= 4 is 11.8 Å². The molecular formula is C26H42O4. The molecule has 4 nitrogen and oxygen atoms in total. The lowest BCUT2D eigenvalue weighted by Crippen LogP contribution is -2.37. The second kappa shape index (κ2) is 21.3. The number of hydrogen-bond donors (Lipinski definition) is 0. The van der Waals surface area contributed by atoms with Crippen LogP contribution in [0, 0.1) is 0 Å². The molecule has 0 bridgehead atoms. The van der Waals surface area contributed by atoms with Crippen LogP contribution in [0.4, 0.5) is 0 Å². The van der Waals surface area contributed by atoms with Gasteiger partial charge in [0.15, 0.2) is 5.78 Å². The van der Waals surface area contributed by atoms with Crippen molar-refractivity contribution in [3.63, 3.8) is 0 Å². The summed E-state index contributed by atoms with van der Waals surface area (Å²) in [5, 5.41) is 0. The quantitative estimate of drug-likeness (QED) is 0.153. The van der Waals surface area contributed by atoms with Crippen molar-refractivity contribution in [1.82, 2.24) is 0 Å². The lowest BCUT2D eigenvalue weighted by Gasteiger charge is -2.24. The van der Waals surface area contributed by atoms with Crippen LogP contribution >= 0.6 is 0 Å². The van der Waals surface area contributed by atoms with Gasteiger partial charge >= 0.3 is 5.97 Å². The highest BCUT2D eigenvalue weighted by atomic mass is 16.6. The van der Waals surface area contributed by atoms with Crippen LogP contribution in [0.5, 0.6) is 0 Å². The van der Waals surface area contributed by atoms with Gasteiger partial charge in [0.2, 0.25) is 0 Å². The minimum atomic E-state index is -1.04. The zero-order valence-electron chi connectivity index (χ0n) is 20.3. The molecule has 0 saturated carbocycles. The maximum absolute atomic E-state index is 12.5. The Morgan fingerprint density at radius 2 is 1.57 bits per heavy atom. The van der Waals surface area contributed by atoms with Crippen LogP contribution in [0.25, 0.3) is 0 Å². The monoisotopic (exact) mass is 418 g/mol. The molecule has 0 rings (SSSR count). The Balaban J connectivity index is -0.00000171. The summed E-state index contributed by atoms with van der Waals surface area (Å²) >= 11 is 0. The number of esters is 1. The van der Waals surface area contributed by atoms with Gasteiger partial charge in [0.25, 0.3) is 0 Å². The van der Waals surface area contributed by atoms with Gasteiger partial charge in [-0.15, -0.1) is 0 Å². The third-order valence-electron chi connectivity index (χ3n) is 3.35. The summed E-state index contributed by atoms with van der Waals surface area (Å²) in [5.41, 5.74) is -0.113. The molecule has 0 amide bonds. The maximum Gasteiger partial charge on any atom is 0.337 e. The van der Waals surface area contributed by atoms with E-state index in [1.807, 2.05) is 47.6 Å². The van der Waals surface area contributed by atoms with Gasteiger partial charge in [0.1, 0.15) is 12.2 Å². The van der Waals surface area contributed by atoms with Gasteiger partial charge in [-0.1, -0.05) is 90.3 Å². The molecule has 30 heavy (non-hydrogen) atoms. The van der Waals surface area contributed by atoms with E-state index in [0.717, 1.165) is 0 Å². The lowest BCUT2D eigenvalue weighted by atomic mass is 9.96. The molecule has 0 N–H and O–H groups in total. The van der Waals surface area contributed by atoms with E-state index in [2.05, 4.69) is 13.2 Å². The fourth-order valence-electron chi connectivity index (χ4n) is 1.98. The van der Waals surface area contributed by atoms with Crippen molar-refractivity contribution in [1.29, 1.82) is 0 Å². The third-order valence-corrected chi connectivity index (χ3v) is 3.35. The van der Waals surface area contributed by atoms with E-state index in [9.17, 15) is 9.59 Å².